The van der Waals surface area contributed by atoms with E-state index in [2.05, 4.69) is 20.3 Å². The van der Waals surface area contributed by atoms with Crippen LogP contribution in [0, 0.1) is 11.8 Å². The predicted molar refractivity (Wildman–Crippen MR) is 148 cm³/mol. The van der Waals surface area contributed by atoms with Gasteiger partial charge in [-0.25, -0.2) is 13.8 Å². The number of imidazole rings is 1. The molecule has 1 amide bonds. The maximum Gasteiger partial charge on any atom is 0.296 e. The molecule has 6 rings (SSSR count). The normalized spacial score (nSPS) is 23.6. The SMILES string of the molecule is O=C(NCC1CCCOC1)C1CCC(Oc2cc(-n3c(C(F)F)nc4ccccc43)nc(N3CCOCC3)n2)CC1. The van der Waals surface area contributed by atoms with E-state index < -0.39 is 6.43 Å². The third-order valence-electron chi connectivity index (χ3n) is 8.13. The smallest absolute Gasteiger partial charge is 0.296 e. The zero-order valence-corrected chi connectivity index (χ0v) is 23.0. The molecule has 41 heavy (non-hydrogen) atoms. The van der Waals surface area contributed by atoms with Crippen molar-refractivity contribution in [2.24, 2.45) is 11.8 Å². The zero-order valence-electron chi connectivity index (χ0n) is 23.0. The molecule has 4 heterocycles. The topological polar surface area (TPSA) is 104 Å². The molecule has 2 aliphatic heterocycles. The summed E-state index contributed by atoms with van der Waals surface area (Å²) >= 11 is 0. The quantitative estimate of drug-likeness (QED) is 0.433. The van der Waals surface area contributed by atoms with E-state index in [1.54, 1.807) is 30.3 Å². The van der Waals surface area contributed by atoms with Gasteiger partial charge in [0.15, 0.2) is 5.82 Å². The van der Waals surface area contributed by atoms with Gasteiger partial charge in [-0.1, -0.05) is 12.1 Å². The Morgan fingerprint density at radius 2 is 1.83 bits per heavy atom. The largest absolute Gasteiger partial charge is 0.474 e. The van der Waals surface area contributed by atoms with Crippen molar-refractivity contribution in [1.82, 2.24) is 24.8 Å². The van der Waals surface area contributed by atoms with Crippen LogP contribution in [0.2, 0.25) is 0 Å². The van der Waals surface area contributed by atoms with E-state index in [1.807, 2.05) is 4.90 Å². The van der Waals surface area contributed by atoms with Crippen LogP contribution in [0.25, 0.3) is 16.9 Å². The van der Waals surface area contributed by atoms with Crippen LogP contribution in [-0.4, -0.2) is 77.6 Å². The van der Waals surface area contributed by atoms with Gasteiger partial charge < -0.3 is 24.4 Å². The van der Waals surface area contributed by atoms with Gasteiger partial charge in [0.2, 0.25) is 17.7 Å². The summed E-state index contributed by atoms with van der Waals surface area (Å²) in [6.45, 7) is 4.40. The number of para-hydroxylation sites is 2. The Hall–Kier alpha value is -3.38. The number of amides is 1. The Kier molecular flexibility index (Phi) is 8.56. The Labute approximate surface area is 237 Å². The van der Waals surface area contributed by atoms with E-state index in [0.29, 0.717) is 93.9 Å². The van der Waals surface area contributed by atoms with E-state index in [9.17, 15) is 13.6 Å². The first-order valence-electron chi connectivity index (χ1n) is 14.5. The number of ether oxygens (including phenoxy) is 3. The molecule has 3 aromatic rings. The van der Waals surface area contributed by atoms with Crippen LogP contribution in [0.15, 0.2) is 30.3 Å². The molecule has 0 bridgehead atoms. The monoisotopic (exact) mass is 570 g/mol. The highest BCUT2D eigenvalue weighted by Crippen LogP contribution is 2.32. The number of benzene rings is 1. The maximum atomic E-state index is 14.1. The van der Waals surface area contributed by atoms with Crippen LogP contribution in [0.1, 0.15) is 50.8 Å². The molecule has 3 fully saturated rings. The average molecular weight is 571 g/mol. The number of hydrogen-bond acceptors (Lipinski definition) is 8. The third-order valence-corrected chi connectivity index (χ3v) is 8.13. The van der Waals surface area contributed by atoms with Gasteiger partial charge in [0.05, 0.1) is 30.9 Å². The molecule has 220 valence electrons. The molecule has 1 N–H and O–H groups in total. The number of nitrogens with zero attached hydrogens (tertiary/aromatic N) is 5. The van der Waals surface area contributed by atoms with Gasteiger partial charge in [-0.15, -0.1) is 0 Å². The number of fused-ring (bicyclic) bond motifs is 1. The molecule has 12 heteroatoms. The lowest BCUT2D eigenvalue weighted by molar-refractivity contribution is -0.126. The number of carbonyl (C=O) groups is 1. The lowest BCUT2D eigenvalue weighted by atomic mass is 9.86. The summed E-state index contributed by atoms with van der Waals surface area (Å²) < 4.78 is 47.0. The Balaban J connectivity index is 1.19. The standard InChI is InChI=1S/C29H36F2N6O4/c30-26(31)27-33-22-5-1-2-6-23(22)37(27)24-16-25(35-29(34-24)36-11-14-39-15-12-36)41-21-9-7-20(8-10-21)28(38)32-17-19-4-3-13-40-18-19/h1-2,5-6,16,19-21,26H,3-4,7-15,17-18H2,(H,32,38). The fourth-order valence-electron chi connectivity index (χ4n) is 5.88. The Bertz CT molecular complexity index is 1330. The molecule has 3 aliphatic rings. The molecule has 1 aliphatic carbocycles. The van der Waals surface area contributed by atoms with E-state index in [1.165, 1.54) is 4.57 Å². The maximum absolute atomic E-state index is 14.1. The summed E-state index contributed by atoms with van der Waals surface area (Å²) in [6.07, 6.45) is 2.03. The molecule has 10 nitrogen and oxygen atoms in total. The van der Waals surface area contributed by atoms with Crippen molar-refractivity contribution in [2.75, 3.05) is 51.0 Å². The van der Waals surface area contributed by atoms with Gasteiger partial charge in [0.25, 0.3) is 6.43 Å². The van der Waals surface area contributed by atoms with Crippen LogP contribution >= 0.6 is 0 Å². The van der Waals surface area contributed by atoms with Gasteiger partial charge in [-0.3, -0.25) is 9.36 Å². The molecule has 1 saturated carbocycles. The number of anilines is 1. The van der Waals surface area contributed by atoms with Crippen molar-refractivity contribution in [1.29, 1.82) is 0 Å². The van der Waals surface area contributed by atoms with Gasteiger partial charge in [0, 0.05) is 38.2 Å². The summed E-state index contributed by atoms with van der Waals surface area (Å²) in [5, 5.41) is 3.12. The molecule has 0 spiro atoms. The zero-order chi connectivity index (χ0) is 28.2. The Morgan fingerprint density at radius 3 is 2.59 bits per heavy atom. The van der Waals surface area contributed by atoms with Crippen LogP contribution in [0.4, 0.5) is 14.7 Å². The third kappa shape index (κ3) is 6.43. The molecule has 0 radical (unpaired) electrons. The van der Waals surface area contributed by atoms with Crippen molar-refractivity contribution in [3.05, 3.63) is 36.2 Å². The molecule has 2 saturated heterocycles. The van der Waals surface area contributed by atoms with Gasteiger partial charge in [-0.2, -0.15) is 9.97 Å². The van der Waals surface area contributed by atoms with E-state index >= 15 is 0 Å². The van der Waals surface area contributed by atoms with Crippen molar-refractivity contribution in [3.8, 4) is 11.7 Å². The summed E-state index contributed by atoms with van der Waals surface area (Å²) in [4.78, 5) is 28.3. The molecule has 2 aromatic heterocycles. The minimum absolute atomic E-state index is 0.0462. The number of halogens is 2. The molecular weight excluding hydrogens is 534 g/mol. The second-order valence-corrected chi connectivity index (χ2v) is 11.0. The number of carbonyl (C=O) groups excluding carboxylic acids is 1. The highest BCUT2D eigenvalue weighted by atomic mass is 19.3. The summed E-state index contributed by atoms with van der Waals surface area (Å²) in [5.74, 6) is 1.06. The lowest BCUT2D eigenvalue weighted by Crippen LogP contribution is -2.39. The predicted octanol–water partition coefficient (Wildman–Crippen LogP) is 4.07. The van der Waals surface area contributed by atoms with Crippen molar-refractivity contribution < 1.29 is 27.8 Å². The molecule has 1 aromatic carbocycles. The van der Waals surface area contributed by atoms with Crippen LogP contribution in [-0.2, 0) is 14.3 Å². The second-order valence-electron chi connectivity index (χ2n) is 11.0. The molecular formula is C29H36F2N6O4. The second kappa shape index (κ2) is 12.6. The van der Waals surface area contributed by atoms with E-state index in [-0.39, 0.29) is 29.6 Å². The number of nitrogens with one attached hydrogen (secondary N) is 1. The van der Waals surface area contributed by atoms with Crippen LogP contribution < -0.4 is 15.0 Å². The number of rotatable bonds is 8. The summed E-state index contributed by atoms with van der Waals surface area (Å²) in [6, 6.07) is 8.61. The minimum atomic E-state index is -2.79. The van der Waals surface area contributed by atoms with E-state index in [0.717, 1.165) is 19.4 Å². The lowest BCUT2D eigenvalue weighted by Gasteiger charge is -2.30. The first-order valence-corrected chi connectivity index (χ1v) is 14.5. The van der Waals surface area contributed by atoms with Crippen LogP contribution in [0.3, 0.4) is 0 Å². The molecule has 1 unspecified atom stereocenters. The fourth-order valence-corrected chi connectivity index (χ4v) is 5.88. The van der Waals surface area contributed by atoms with Gasteiger partial charge >= 0.3 is 0 Å². The molecule has 1 atom stereocenters. The van der Waals surface area contributed by atoms with Crippen LogP contribution in [0.5, 0.6) is 5.88 Å². The summed E-state index contributed by atoms with van der Waals surface area (Å²) in [5.41, 5.74) is 0.996. The summed E-state index contributed by atoms with van der Waals surface area (Å²) in [7, 11) is 0. The minimum Gasteiger partial charge on any atom is -0.474 e. The highest BCUT2D eigenvalue weighted by Gasteiger charge is 2.29. The van der Waals surface area contributed by atoms with Crippen molar-refractivity contribution in [3.63, 3.8) is 0 Å². The number of hydrogen-bond donors (Lipinski definition) is 1. The number of alkyl halides is 2. The highest BCUT2D eigenvalue weighted by molar-refractivity contribution is 5.79. The number of aromatic nitrogens is 4. The van der Waals surface area contributed by atoms with Gasteiger partial charge in [-0.05, 0) is 56.6 Å². The fraction of sp³-hybridized carbons (Fsp3) is 0.586. The number of morpholine rings is 1. The van der Waals surface area contributed by atoms with Crippen molar-refractivity contribution in [2.45, 2.75) is 51.1 Å². The Morgan fingerprint density at radius 1 is 1.02 bits per heavy atom. The van der Waals surface area contributed by atoms with Crippen molar-refractivity contribution >= 4 is 22.9 Å². The van der Waals surface area contributed by atoms with E-state index in [4.69, 9.17) is 14.2 Å². The van der Waals surface area contributed by atoms with Gasteiger partial charge in [0.1, 0.15) is 11.9 Å². The average Bonchev–Trinajstić information content (AvgIpc) is 3.41. The first-order chi connectivity index (χ1) is 20.0. The first kappa shape index (κ1) is 27.8.